The minimum atomic E-state index is -0.737. The molecule has 3 N–H and O–H groups in total. The maximum Gasteiger partial charge on any atom is 0.306 e. The van der Waals surface area contributed by atoms with Gasteiger partial charge in [-0.1, -0.05) is 6.42 Å². The SMILES string of the molecule is CC1(C(=O)NC2CCCC(C(=O)O)C2)CCCN1. The molecule has 2 aliphatic rings. The van der Waals surface area contributed by atoms with Crippen molar-refractivity contribution in [3.63, 3.8) is 0 Å². The lowest BCUT2D eigenvalue weighted by Crippen LogP contribution is -2.54. The average Bonchev–Trinajstić information content (AvgIpc) is 2.78. The van der Waals surface area contributed by atoms with Crippen molar-refractivity contribution < 1.29 is 14.7 Å². The highest BCUT2D eigenvalue weighted by atomic mass is 16.4. The number of carboxylic acids is 1. The monoisotopic (exact) mass is 254 g/mol. The van der Waals surface area contributed by atoms with Gasteiger partial charge >= 0.3 is 5.97 Å². The summed E-state index contributed by atoms with van der Waals surface area (Å²) in [4.78, 5) is 23.2. The summed E-state index contributed by atoms with van der Waals surface area (Å²) in [5.41, 5.74) is -0.462. The van der Waals surface area contributed by atoms with Crippen LogP contribution < -0.4 is 10.6 Å². The van der Waals surface area contributed by atoms with Gasteiger partial charge in [0.15, 0.2) is 0 Å². The van der Waals surface area contributed by atoms with Crippen LogP contribution in [0.15, 0.2) is 0 Å². The predicted octanol–water partition coefficient (Wildman–Crippen LogP) is 0.888. The molecule has 0 spiro atoms. The molecule has 2 rings (SSSR count). The molecule has 0 aromatic heterocycles. The van der Waals surface area contributed by atoms with E-state index in [1.807, 2.05) is 6.92 Å². The van der Waals surface area contributed by atoms with E-state index in [9.17, 15) is 9.59 Å². The molecule has 3 unspecified atom stereocenters. The summed E-state index contributed by atoms with van der Waals surface area (Å²) in [5.74, 6) is -1.01. The van der Waals surface area contributed by atoms with Gasteiger partial charge in [0.1, 0.15) is 0 Å². The number of hydrogen-bond donors (Lipinski definition) is 3. The van der Waals surface area contributed by atoms with Gasteiger partial charge in [-0.2, -0.15) is 0 Å². The van der Waals surface area contributed by atoms with E-state index in [1.54, 1.807) is 0 Å². The van der Waals surface area contributed by atoms with Gasteiger partial charge in [-0.3, -0.25) is 9.59 Å². The third-order valence-electron chi connectivity index (χ3n) is 4.23. The van der Waals surface area contributed by atoms with Crippen LogP contribution in [-0.2, 0) is 9.59 Å². The van der Waals surface area contributed by atoms with Gasteiger partial charge in [0.2, 0.25) is 5.91 Å². The van der Waals surface area contributed by atoms with Crippen LogP contribution in [-0.4, -0.2) is 35.1 Å². The van der Waals surface area contributed by atoms with Crippen molar-refractivity contribution in [2.75, 3.05) is 6.54 Å². The second-order valence-electron chi connectivity index (χ2n) is 5.73. The molecule has 5 nitrogen and oxygen atoms in total. The fourth-order valence-corrected chi connectivity index (χ4v) is 2.98. The molecule has 5 heteroatoms. The van der Waals surface area contributed by atoms with Crippen LogP contribution in [0.3, 0.4) is 0 Å². The van der Waals surface area contributed by atoms with E-state index in [0.29, 0.717) is 6.42 Å². The summed E-state index contributed by atoms with van der Waals surface area (Å²) in [5, 5.41) is 15.3. The standard InChI is InChI=1S/C13H22N2O3/c1-13(6-3-7-14-13)12(18)15-10-5-2-4-9(8-10)11(16)17/h9-10,14H,2-8H2,1H3,(H,15,18)(H,16,17). The Labute approximate surface area is 107 Å². The number of amides is 1. The van der Waals surface area contributed by atoms with E-state index in [2.05, 4.69) is 10.6 Å². The molecule has 0 aromatic rings. The number of carbonyl (C=O) groups is 2. The van der Waals surface area contributed by atoms with E-state index in [0.717, 1.165) is 38.6 Å². The number of aliphatic carboxylic acids is 1. The average molecular weight is 254 g/mol. The van der Waals surface area contributed by atoms with Crippen LogP contribution in [0, 0.1) is 5.92 Å². The summed E-state index contributed by atoms with van der Waals surface area (Å²) >= 11 is 0. The summed E-state index contributed by atoms with van der Waals surface area (Å²) in [6, 6.07) is 0.0200. The molecule has 2 fully saturated rings. The Morgan fingerprint density at radius 2 is 2.11 bits per heavy atom. The second-order valence-corrected chi connectivity index (χ2v) is 5.73. The quantitative estimate of drug-likeness (QED) is 0.699. The van der Waals surface area contributed by atoms with Gasteiger partial charge in [-0.25, -0.2) is 0 Å². The number of rotatable bonds is 3. The molecule has 18 heavy (non-hydrogen) atoms. The third kappa shape index (κ3) is 2.83. The van der Waals surface area contributed by atoms with Gasteiger partial charge in [0, 0.05) is 6.04 Å². The molecular formula is C13H22N2O3. The van der Waals surface area contributed by atoms with Crippen LogP contribution in [0.2, 0.25) is 0 Å². The van der Waals surface area contributed by atoms with Gasteiger partial charge < -0.3 is 15.7 Å². The van der Waals surface area contributed by atoms with Gasteiger partial charge in [-0.15, -0.1) is 0 Å². The van der Waals surface area contributed by atoms with Crippen molar-refractivity contribution in [2.45, 2.75) is 57.0 Å². The summed E-state index contributed by atoms with van der Waals surface area (Å²) < 4.78 is 0. The molecule has 1 saturated heterocycles. The Morgan fingerprint density at radius 1 is 1.33 bits per heavy atom. The second kappa shape index (κ2) is 5.26. The van der Waals surface area contributed by atoms with Crippen LogP contribution >= 0.6 is 0 Å². The Hall–Kier alpha value is -1.10. The Morgan fingerprint density at radius 3 is 2.72 bits per heavy atom. The minimum Gasteiger partial charge on any atom is -0.481 e. The largest absolute Gasteiger partial charge is 0.481 e. The molecule has 1 saturated carbocycles. The van der Waals surface area contributed by atoms with Crippen LogP contribution in [0.1, 0.15) is 45.4 Å². The van der Waals surface area contributed by atoms with Gasteiger partial charge in [-0.05, 0) is 45.6 Å². The van der Waals surface area contributed by atoms with Crippen molar-refractivity contribution in [2.24, 2.45) is 5.92 Å². The smallest absolute Gasteiger partial charge is 0.306 e. The Bertz CT molecular complexity index is 337. The maximum absolute atomic E-state index is 12.2. The molecule has 102 valence electrons. The highest BCUT2D eigenvalue weighted by molar-refractivity contribution is 5.86. The number of carbonyl (C=O) groups excluding carboxylic acids is 1. The van der Waals surface area contributed by atoms with E-state index in [1.165, 1.54) is 0 Å². The first-order valence-electron chi connectivity index (χ1n) is 6.80. The van der Waals surface area contributed by atoms with Gasteiger partial charge in [0.25, 0.3) is 0 Å². The van der Waals surface area contributed by atoms with Crippen molar-refractivity contribution in [3.8, 4) is 0 Å². The Kier molecular flexibility index (Phi) is 3.90. The molecule has 0 radical (unpaired) electrons. The van der Waals surface area contributed by atoms with Crippen LogP contribution in [0.25, 0.3) is 0 Å². The molecule has 1 heterocycles. The molecule has 0 aromatic carbocycles. The normalized spacial score (nSPS) is 36.3. The zero-order valence-corrected chi connectivity index (χ0v) is 10.9. The van der Waals surface area contributed by atoms with E-state index >= 15 is 0 Å². The lowest BCUT2D eigenvalue weighted by atomic mass is 9.85. The molecular weight excluding hydrogens is 232 g/mol. The fourth-order valence-electron chi connectivity index (χ4n) is 2.98. The van der Waals surface area contributed by atoms with Crippen molar-refractivity contribution >= 4 is 11.9 Å². The first-order chi connectivity index (χ1) is 8.51. The third-order valence-corrected chi connectivity index (χ3v) is 4.23. The van der Waals surface area contributed by atoms with E-state index < -0.39 is 11.5 Å². The summed E-state index contributed by atoms with van der Waals surface area (Å²) in [7, 11) is 0. The maximum atomic E-state index is 12.2. The molecule has 1 aliphatic carbocycles. The lowest BCUT2D eigenvalue weighted by molar-refractivity contribution is -0.143. The van der Waals surface area contributed by atoms with Crippen molar-refractivity contribution in [3.05, 3.63) is 0 Å². The van der Waals surface area contributed by atoms with E-state index in [4.69, 9.17) is 5.11 Å². The summed E-state index contributed by atoms with van der Waals surface area (Å²) in [6.45, 7) is 2.80. The van der Waals surface area contributed by atoms with Crippen LogP contribution in [0.4, 0.5) is 0 Å². The van der Waals surface area contributed by atoms with Crippen molar-refractivity contribution in [1.82, 2.24) is 10.6 Å². The lowest BCUT2D eigenvalue weighted by Gasteiger charge is -2.31. The fraction of sp³-hybridized carbons (Fsp3) is 0.846. The number of nitrogens with one attached hydrogen (secondary N) is 2. The molecule has 3 atom stereocenters. The number of hydrogen-bond acceptors (Lipinski definition) is 3. The first kappa shape index (κ1) is 13.3. The molecule has 1 aliphatic heterocycles. The van der Waals surface area contributed by atoms with Crippen LogP contribution in [0.5, 0.6) is 0 Å². The predicted molar refractivity (Wildman–Crippen MR) is 67.2 cm³/mol. The summed E-state index contributed by atoms with van der Waals surface area (Å²) in [6.07, 6.45) is 4.95. The molecule has 1 amide bonds. The Balaban J connectivity index is 1.89. The molecule has 0 bridgehead atoms. The zero-order chi connectivity index (χ0) is 13.2. The highest BCUT2D eigenvalue weighted by Crippen LogP contribution is 2.26. The topological polar surface area (TPSA) is 78.4 Å². The highest BCUT2D eigenvalue weighted by Gasteiger charge is 2.37. The van der Waals surface area contributed by atoms with Crippen molar-refractivity contribution in [1.29, 1.82) is 0 Å². The van der Waals surface area contributed by atoms with E-state index in [-0.39, 0.29) is 17.9 Å². The minimum absolute atomic E-state index is 0.0200. The first-order valence-corrected chi connectivity index (χ1v) is 6.80. The van der Waals surface area contributed by atoms with Gasteiger partial charge in [0.05, 0.1) is 11.5 Å². The number of carboxylic acid groups (broad SMARTS) is 1. The zero-order valence-electron chi connectivity index (χ0n) is 10.9.